The van der Waals surface area contributed by atoms with Crippen molar-refractivity contribution in [2.24, 2.45) is 0 Å². The molecule has 4 nitrogen and oxygen atoms in total. The van der Waals surface area contributed by atoms with Gasteiger partial charge in [0.1, 0.15) is 5.82 Å². The number of anilines is 1. The lowest BCUT2D eigenvalue weighted by Crippen LogP contribution is -2.04. The normalized spacial score (nSPS) is 9.93. The maximum atomic E-state index is 10.4. The van der Waals surface area contributed by atoms with Gasteiger partial charge in [-0.05, 0) is 19.1 Å². The summed E-state index contributed by atoms with van der Waals surface area (Å²) in [4.78, 5) is 10.4. The SMILES string of the molecule is Cc1cc(NC=O)n(-c2ccccc2)n1. The molecule has 15 heavy (non-hydrogen) atoms. The maximum Gasteiger partial charge on any atom is 0.212 e. The Morgan fingerprint density at radius 3 is 2.73 bits per heavy atom. The summed E-state index contributed by atoms with van der Waals surface area (Å²) in [5.74, 6) is 0.675. The van der Waals surface area contributed by atoms with Crippen molar-refractivity contribution in [3.63, 3.8) is 0 Å². The smallest absolute Gasteiger partial charge is 0.212 e. The van der Waals surface area contributed by atoms with E-state index >= 15 is 0 Å². The van der Waals surface area contributed by atoms with Gasteiger partial charge in [-0.2, -0.15) is 5.10 Å². The van der Waals surface area contributed by atoms with Gasteiger partial charge in [-0.25, -0.2) is 4.68 Å². The van der Waals surface area contributed by atoms with E-state index in [1.807, 2.05) is 43.3 Å². The van der Waals surface area contributed by atoms with Gasteiger partial charge in [0.2, 0.25) is 6.41 Å². The Kier molecular flexibility index (Phi) is 2.49. The molecule has 0 bridgehead atoms. The minimum atomic E-state index is 0.649. The summed E-state index contributed by atoms with van der Waals surface area (Å²) in [7, 11) is 0. The summed E-state index contributed by atoms with van der Waals surface area (Å²) in [5, 5.41) is 6.91. The second-order valence-corrected chi connectivity index (χ2v) is 3.18. The Morgan fingerprint density at radius 1 is 1.33 bits per heavy atom. The molecule has 0 saturated heterocycles. The number of benzene rings is 1. The minimum absolute atomic E-state index is 0.649. The molecule has 0 aliphatic carbocycles. The van der Waals surface area contributed by atoms with Gasteiger partial charge < -0.3 is 5.32 Å². The lowest BCUT2D eigenvalue weighted by Gasteiger charge is -2.04. The fraction of sp³-hybridized carbons (Fsp3) is 0.0909. The molecule has 1 aromatic heterocycles. The Morgan fingerprint density at radius 2 is 2.07 bits per heavy atom. The van der Waals surface area contributed by atoms with Gasteiger partial charge in [-0.1, -0.05) is 18.2 Å². The highest BCUT2D eigenvalue weighted by Crippen LogP contribution is 2.15. The molecule has 1 heterocycles. The highest BCUT2D eigenvalue weighted by Gasteiger charge is 2.05. The summed E-state index contributed by atoms with van der Waals surface area (Å²) < 4.78 is 1.70. The third-order valence-electron chi connectivity index (χ3n) is 2.04. The predicted molar refractivity (Wildman–Crippen MR) is 58.0 cm³/mol. The van der Waals surface area contributed by atoms with E-state index in [1.165, 1.54) is 0 Å². The Hall–Kier alpha value is -2.10. The molecule has 0 aliphatic heterocycles. The standard InChI is InChI=1S/C11H11N3O/c1-9-7-11(12-8-15)14(13-9)10-5-3-2-4-6-10/h2-8H,1H3,(H,12,15). The number of amides is 1. The molecule has 1 N–H and O–H groups in total. The van der Waals surface area contributed by atoms with Crippen molar-refractivity contribution in [2.45, 2.75) is 6.92 Å². The molecule has 0 unspecified atom stereocenters. The van der Waals surface area contributed by atoms with Crippen LogP contribution in [0, 0.1) is 6.92 Å². The zero-order valence-corrected chi connectivity index (χ0v) is 8.34. The quantitative estimate of drug-likeness (QED) is 0.769. The Labute approximate surface area is 87.5 Å². The van der Waals surface area contributed by atoms with Crippen molar-refractivity contribution < 1.29 is 4.79 Å². The van der Waals surface area contributed by atoms with Gasteiger partial charge in [0.15, 0.2) is 0 Å². The molecule has 0 spiro atoms. The number of aromatic nitrogens is 2. The fourth-order valence-electron chi connectivity index (χ4n) is 1.43. The van der Waals surface area contributed by atoms with Crippen LogP contribution in [0.5, 0.6) is 0 Å². The molecule has 76 valence electrons. The molecule has 1 amide bonds. The lowest BCUT2D eigenvalue weighted by atomic mass is 10.3. The van der Waals surface area contributed by atoms with E-state index in [1.54, 1.807) is 4.68 Å². The molecule has 0 radical (unpaired) electrons. The number of hydrogen-bond acceptors (Lipinski definition) is 2. The van der Waals surface area contributed by atoms with Crippen LogP contribution in [0.2, 0.25) is 0 Å². The van der Waals surface area contributed by atoms with E-state index in [2.05, 4.69) is 10.4 Å². The molecular weight excluding hydrogens is 190 g/mol. The maximum absolute atomic E-state index is 10.4. The molecule has 0 atom stereocenters. The van der Waals surface area contributed by atoms with Crippen LogP contribution >= 0.6 is 0 Å². The highest BCUT2D eigenvalue weighted by atomic mass is 16.1. The van der Waals surface area contributed by atoms with Crippen LogP contribution < -0.4 is 5.32 Å². The summed E-state index contributed by atoms with van der Waals surface area (Å²) in [5.41, 5.74) is 1.79. The van der Waals surface area contributed by atoms with Crippen molar-refractivity contribution in [3.8, 4) is 5.69 Å². The van der Waals surface area contributed by atoms with Crippen molar-refractivity contribution in [1.29, 1.82) is 0 Å². The molecule has 2 rings (SSSR count). The van der Waals surface area contributed by atoms with E-state index < -0.39 is 0 Å². The Bertz CT molecular complexity index is 462. The van der Waals surface area contributed by atoms with Gasteiger partial charge in [0.05, 0.1) is 11.4 Å². The molecule has 4 heteroatoms. The first-order valence-corrected chi connectivity index (χ1v) is 4.63. The summed E-state index contributed by atoms with van der Waals surface area (Å²) in [6, 6.07) is 11.5. The molecule has 1 aromatic carbocycles. The van der Waals surface area contributed by atoms with Crippen LogP contribution in [0.25, 0.3) is 5.69 Å². The molecular formula is C11H11N3O. The van der Waals surface area contributed by atoms with Crippen molar-refractivity contribution >= 4 is 12.2 Å². The number of nitrogens with zero attached hydrogens (tertiary/aromatic N) is 2. The minimum Gasteiger partial charge on any atom is -0.313 e. The molecule has 0 aliphatic rings. The topological polar surface area (TPSA) is 46.9 Å². The van der Waals surface area contributed by atoms with E-state index in [9.17, 15) is 4.79 Å². The third-order valence-corrected chi connectivity index (χ3v) is 2.04. The first-order valence-electron chi connectivity index (χ1n) is 4.63. The Balaban J connectivity index is 2.47. The van der Waals surface area contributed by atoms with Gasteiger partial charge in [0, 0.05) is 6.07 Å². The van der Waals surface area contributed by atoms with E-state index in [0.717, 1.165) is 11.4 Å². The third kappa shape index (κ3) is 1.88. The zero-order valence-electron chi connectivity index (χ0n) is 8.34. The number of nitrogens with one attached hydrogen (secondary N) is 1. The van der Waals surface area contributed by atoms with Crippen LogP contribution in [0.15, 0.2) is 36.4 Å². The van der Waals surface area contributed by atoms with Crippen LogP contribution in [-0.2, 0) is 4.79 Å². The number of aryl methyl sites for hydroxylation is 1. The van der Waals surface area contributed by atoms with Crippen LogP contribution in [0.3, 0.4) is 0 Å². The molecule has 2 aromatic rings. The van der Waals surface area contributed by atoms with Gasteiger partial charge in [-0.3, -0.25) is 4.79 Å². The van der Waals surface area contributed by atoms with Gasteiger partial charge in [0.25, 0.3) is 0 Å². The summed E-state index contributed by atoms with van der Waals surface area (Å²) >= 11 is 0. The van der Waals surface area contributed by atoms with Crippen LogP contribution in [0.4, 0.5) is 5.82 Å². The monoisotopic (exact) mass is 201 g/mol. The largest absolute Gasteiger partial charge is 0.313 e. The predicted octanol–water partition coefficient (Wildman–Crippen LogP) is 1.75. The summed E-state index contributed by atoms with van der Waals surface area (Å²) in [6.07, 6.45) is 0.649. The average molecular weight is 201 g/mol. The second-order valence-electron chi connectivity index (χ2n) is 3.18. The second kappa shape index (κ2) is 3.96. The van der Waals surface area contributed by atoms with Crippen molar-refractivity contribution in [2.75, 3.05) is 5.32 Å². The number of carbonyl (C=O) groups is 1. The lowest BCUT2D eigenvalue weighted by molar-refractivity contribution is -0.105. The van der Waals surface area contributed by atoms with Crippen molar-refractivity contribution in [1.82, 2.24) is 9.78 Å². The zero-order chi connectivity index (χ0) is 10.7. The molecule has 0 fully saturated rings. The molecule has 0 saturated carbocycles. The number of hydrogen-bond donors (Lipinski definition) is 1. The van der Waals surface area contributed by atoms with E-state index in [-0.39, 0.29) is 0 Å². The first-order chi connectivity index (χ1) is 7.31. The van der Waals surface area contributed by atoms with E-state index in [0.29, 0.717) is 12.2 Å². The van der Waals surface area contributed by atoms with Gasteiger partial charge in [-0.15, -0.1) is 0 Å². The van der Waals surface area contributed by atoms with Crippen LogP contribution in [-0.4, -0.2) is 16.2 Å². The average Bonchev–Trinajstić information content (AvgIpc) is 2.62. The van der Waals surface area contributed by atoms with E-state index in [4.69, 9.17) is 0 Å². The van der Waals surface area contributed by atoms with Gasteiger partial charge >= 0.3 is 0 Å². The van der Waals surface area contributed by atoms with Crippen molar-refractivity contribution in [3.05, 3.63) is 42.1 Å². The number of carbonyl (C=O) groups excluding carboxylic acids is 1. The number of para-hydroxylation sites is 1. The highest BCUT2D eigenvalue weighted by molar-refractivity contribution is 5.70. The van der Waals surface area contributed by atoms with Crippen LogP contribution in [0.1, 0.15) is 5.69 Å². The number of rotatable bonds is 3. The fourth-order valence-corrected chi connectivity index (χ4v) is 1.43. The summed E-state index contributed by atoms with van der Waals surface area (Å²) in [6.45, 7) is 1.88. The first kappa shape index (κ1) is 9.45.